The first-order chi connectivity index (χ1) is 13.1. The second kappa shape index (κ2) is 8.51. The zero-order valence-corrected chi connectivity index (χ0v) is 15.7. The Labute approximate surface area is 158 Å². The summed E-state index contributed by atoms with van der Waals surface area (Å²) in [7, 11) is 1.59. The topological polar surface area (TPSA) is 65.4 Å². The number of nitrogens with zero attached hydrogens (tertiary/aromatic N) is 2. The van der Waals surface area contributed by atoms with E-state index in [0.29, 0.717) is 24.6 Å². The lowest BCUT2D eigenvalue weighted by Crippen LogP contribution is -2.11. The van der Waals surface area contributed by atoms with Gasteiger partial charge in [-0.05, 0) is 42.7 Å². The van der Waals surface area contributed by atoms with E-state index in [-0.39, 0.29) is 5.91 Å². The van der Waals surface area contributed by atoms with Gasteiger partial charge in [0, 0.05) is 12.7 Å². The van der Waals surface area contributed by atoms with Crippen LogP contribution in [0.1, 0.15) is 27.0 Å². The van der Waals surface area contributed by atoms with Crippen molar-refractivity contribution < 1.29 is 14.3 Å². The van der Waals surface area contributed by atoms with Crippen molar-refractivity contribution in [3.05, 3.63) is 77.1 Å². The highest BCUT2D eigenvalue weighted by atomic mass is 16.5. The predicted molar refractivity (Wildman–Crippen MR) is 104 cm³/mol. The van der Waals surface area contributed by atoms with Gasteiger partial charge >= 0.3 is 0 Å². The van der Waals surface area contributed by atoms with Crippen molar-refractivity contribution in [2.24, 2.45) is 0 Å². The van der Waals surface area contributed by atoms with Crippen molar-refractivity contribution in [3.8, 4) is 5.75 Å². The molecule has 0 fully saturated rings. The predicted octanol–water partition coefficient (Wildman–Crippen LogP) is 3.94. The molecular formula is C21H23N3O3. The van der Waals surface area contributed by atoms with Crippen LogP contribution in [0.4, 0.5) is 5.69 Å². The number of carbonyl (C=O) groups is 1. The maximum absolute atomic E-state index is 12.4. The highest BCUT2D eigenvalue weighted by molar-refractivity contribution is 6.04. The molecule has 27 heavy (non-hydrogen) atoms. The molecule has 1 N–H and O–H groups in total. The summed E-state index contributed by atoms with van der Waals surface area (Å²) in [6, 6.07) is 13.5. The monoisotopic (exact) mass is 365 g/mol. The molecule has 0 aliphatic heterocycles. The Morgan fingerprint density at radius 2 is 1.81 bits per heavy atom. The maximum Gasteiger partial charge on any atom is 0.255 e. The molecule has 0 aliphatic carbocycles. The Bertz CT molecular complexity index is 896. The summed E-state index contributed by atoms with van der Waals surface area (Å²) in [5.41, 5.74) is 4.42. The average molecular weight is 365 g/mol. The number of hydrogen-bond acceptors (Lipinski definition) is 4. The summed E-state index contributed by atoms with van der Waals surface area (Å²) in [6.07, 6.45) is 3.30. The number of aryl methyl sites for hydroxylation is 2. The second-order valence-electron chi connectivity index (χ2n) is 6.35. The highest BCUT2D eigenvalue weighted by Crippen LogP contribution is 2.23. The number of para-hydroxylation sites is 1. The Morgan fingerprint density at radius 1 is 1.11 bits per heavy atom. The zero-order valence-electron chi connectivity index (χ0n) is 15.7. The maximum atomic E-state index is 12.4. The molecule has 6 heteroatoms. The van der Waals surface area contributed by atoms with Crippen molar-refractivity contribution in [3.63, 3.8) is 0 Å². The van der Waals surface area contributed by atoms with E-state index in [0.717, 1.165) is 22.4 Å². The van der Waals surface area contributed by atoms with Gasteiger partial charge in [-0.3, -0.25) is 4.79 Å². The first-order valence-electron chi connectivity index (χ1n) is 8.67. The molecule has 0 saturated carbocycles. The quantitative estimate of drug-likeness (QED) is 0.689. The van der Waals surface area contributed by atoms with Gasteiger partial charge in [0.25, 0.3) is 5.91 Å². The molecule has 0 atom stereocenters. The number of hydrogen-bond donors (Lipinski definition) is 1. The minimum atomic E-state index is -0.186. The van der Waals surface area contributed by atoms with Crippen molar-refractivity contribution >= 4 is 11.6 Å². The molecule has 0 saturated heterocycles. The van der Waals surface area contributed by atoms with Crippen LogP contribution < -0.4 is 10.1 Å². The van der Waals surface area contributed by atoms with E-state index in [4.69, 9.17) is 9.47 Å². The SMILES string of the molecule is COCn1cc(NC(=O)c2ccc(COc3c(C)cccc3C)cc2)cn1. The van der Waals surface area contributed by atoms with Crippen LogP contribution in [0.25, 0.3) is 0 Å². The summed E-state index contributed by atoms with van der Waals surface area (Å²) in [6.45, 7) is 4.86. The Kier molecular flexibility index (Phi) is 5.88. The molecule has 1 aromatic heterocycles. The Balaban J connectivity index is 1.60. The first-order valence-corrected chi connectivity index (χ1v) is 8.67. The molecule has 1 amide bonds. The van der Waals surface area contributed by atoms with Gasteiger partial charge in [0.15, 0.2) is 0 Å². The van der Waals surface area contributed by atoms with Crippen LogP contribution in [0.15, 0.2) is 54.9 Å². The number of anilines is 1. The number of amides is 1. The van der Waals surface area contributed by atoms with E-state index in [1.54, 1.807) is 36.3 Å². The fraction of sp³-hybridized carbons (Fsp3) is 0.238. The van der Waals surface area contributed by atoms with E-state index in [1.807, 2.05) is 44.2 Å². The van der Waals surface area contributed by atoms with Gasteiger partial charge < -0.3 is 14.8 Å². The normalized spacial score (nSPS) is 10.6. The van der Waals surface area contributed by atoms with Crippen molar-refractivity contribution in [2.45, 2.75) is 27.2 Å². The Hall–Kier alpha value is -3.12. The van der Waals surface area contributed by atoms with Crippen LogP contribution in [0.5, 0.6) is 5.75 Å². The fourth-order valence-electron chi connectivity index (χ4n) is 2.77. The molecule has 0 radical (unpaired) electrons. The molecular weight excluding hydrogens is 342 g/mol. The van der Waals surface area contributed by atoms with E-state index < -0.39 is 0 Å². The summed E-state index contributed by atoms with van der Waals surface area (Å²) >= 11 is 0. The lowest BCUT2D eigenvalue weighted by atomic mass is 10.1. The molecule has 3 aromatic rings. The van der Waals surface area contributed by atoms with Gasteiger partial charge in [-0.15, -0.1) is 0 Å². The summed E-state index contributed by atoms with van der Waals surface area (Å²) in [5, 5.41) is 6.91. The molecule has 3 rings (SSSR count). The molecule has 2 aromatic carbocycles. The van der Waals surface area contributed by atoms with Crippen molar-refractivity contribution in [2.75, 3.05) is 12.4 Å². The Morgan fingerprint density at radius 3 is 2.48 bits per heavy atom. The third-order valence-electron chi connectivity index (χ3n) is 4.16. The van der Waals surface area contributed by atoms with E-state index in [1.165, 1.54) is 0 Å². The molecule has 0 spiro atoms. The average Bonchev–Trinajstić information content (AvgIpc) is 3.09. The van der Waals surface area contributed by atoms with Crippen LogP contribution in [-0.4, -0.2) is 22.8 Å². The molecule has 0 unspecified atom stereocenters. The number of carbonyl (C=O) groups excluding carboxylic acids is 1. The van der Waals surface area contributed by atoms with Crippen molar-refractivity contribution in [1.82, 2.24) is 9.78 Å². The van der Waals surface area contributed by atoms with Crippen LogP contribution in [0.3, 0.4) is 0 Å². The smallest absolute Gasteiger partial charge is 0.255 e. The standard InChI is InChI=1S/C21H23N3O3/c1-15-5-4-6-16(2)20(15)27-13-17-7-9-18(10-8-17)21(25)23-19-11-22-24(12-19)14-26-3/h4-12H,13-14H2,1-3H3,(H,23,25). The number of methoxy groups -OCH3 is 1. The van der Waals surface area contributed by atoms with E-state index in [2.05, 4.69) is 10.4 Å². The number of ether oxygens (including phenoxy) is 2. The van der Waals surface area contributed by atoms with Gasteiger partial charge in [0.2, 0.25) is 0 Å². The van der Waals surface area contributed by atoms with Crippen LogP contribution in [0, 0.1) is 13.8 Å². The summed E-state index contributed by atoms with van der Waals surface area (Å²) in [5.74, 6) is 0.724. The van der Waals surface area contributed by atoms with E-state index in [9.17, 15) is 4.79 Å². The third kappa shape index (κ3) is 4.74. The number of rotatable bonds is 7. The lowest BCUT2D eigenvalue weighted by Gasteiger charge is -2.12. The third-order valence-corrected chi connectivity index (χ3v) is 4.16. The number of aromatic nitrogens is 2. The zero-order chi connectivity index (χ0) is 19.2. The minimum Gasteiger partial charge on any atom is -0.488 e. The van der Waals surface area contributed by atoms with Gasteiger partial charge in [0.1, 0.15) is 19.1 Å². The minimum absolute atomic E-state index is 0.186. The second-order valence-corrected chi connectivity index (χ2v) is 6.35. The highest BCUT2D eigenvalue weighted by Gasteiger charge is 2.09. The lowest BCUT2D eigenvalue weighted by molar-refractivity contribution is 0.102. The molecule has 140 valence electrons. The van der Waals surface area contributed by atoms with Gasteiger partial charge in [-0.2, -0.15) is 5.10 Å². The molecule has 1 heterocycles. The summed E-state index contributed by atoms with van der Waals surface area (Å²) < 4.78 is 12.5. The largest absolute Gasteiger partial charge is 0.488 e. The van der Waals surface area contributed by atoms with E-state index >= 15 is 0 Å². The van der Waals surface area contributed by atoms with Crippen LogP contribution in [-0.2, 0) is 18.1 Å². The molecule has 0 bridgehead atoms. The number of benzene rings is 2. The fourth-order valence-corrected chi connectivity index (χ4v) is 2.77. The van der Waals surface area contributed by atoms with Gasteiger partial charge in [-0.25, -0.2) is 4.68 Å². The number of nitrogens with one attached hydrogen (secondary N) is 1. The van der Waals surface area contributed by atoms with Crippen molar-refractivity contribution in [1.29, 1.82) is 0 Å². The summed E-state index contributed by atoms with van der Waals surface area (Å²) in [4.78, 5) is 12.4. The first kappa shape index (κ1) is 18.7. The van der Waals surface area contributed by atoms with Crippen LogP contribution >= 0.6 is 0 Å². The molecule has 0 aliphatic rings. The van der Waals surface area contributed by atoms with Crippen LogP contribution in [0.2, 0.25) is 0 Å². The molecule has 6 nitrogen and oxygen atoms in total. The van der Waals surface area contributed by atoms with Gasteiger partial charge in [0.05, 0.1) is 18.1 Å². The van der Waals surface area contributed by atoms with Gasteiger partial charge in [-0.1, -0.05) is 30.3 Å².